The monoisotopic (exact) mass is 298 g/mol. The third kappa shape index (κ3) is 3.01. The zero-order valence-corrected chi connectivity index (χ0v) is 13.2. The van der Waals surface area contributed by atoms with E-state index in [0.717, 1.165) is 31.9 Å². The van der Waals surface area contributed by atoms with Crippen LogP contribution in [0, 0.1) is 13.8 Å². The van der Waals surface area contributed by atoms with Gasteiger partial charge >= 0.3 is 0 Å². The van der Waals surface area contributed by atoms with Crippen LogP contribution in [0.25, 0.3) is 0 Å². The maximum Gasteiger partial charge on any atom is 0.230 e. The first-order chi connectivity index (χ1) is 10.6. The molecule has 3 rings (SSSR count). The van der Waals surface area contributed by atoms with Crippen LogP contribution in [-0.4, -0.2) is 37.0 Å². The molecule has 1 saturated heterocycles. The molecule has 1 amide bonds. The van der Waals surface area contributed by atoms with Crippen LogP contribution in [0.3, 0.4) is 0 Å². The summed E-state index contributed by atoms with van der Waals surface area (Å²) in [6.07, 6.45) is 1.97. The molecule has 2 heterocycles. The normalized spacial score (nSPS) is 15.2. The molecule has 1 aromatic heterocycles. The van der Waals surface area contributed by atoms with Gasteiger partial charge in [0.1, 0.15) is 5.76 Å². The molecule has 1 aliphatic rings. The van der Waals surface area contributed by atoms with Gasteiger partial charge in [0.15, 0.2) is 0 Å². The van der Waals surface area contributed by atoms with Crippen LogP contribution in [-0.2, 0) is 11.2 Å². The minimum atomic E-state index is 0.149. The summed E-state index contributed by atoms with van der Waals surface area (Å²) < 4.78 is 5.26. The van der Waals surface area contributed by atoms with E-state index in [1.54, 1.807) is 6.26 Å². The Morgan fingerprint density at radius 3 is 2.55 bits per heavy atom. The molecule has 1 aliphatic heterocycles. The molecular weight excluding hydrogens is 276 g/mol. The van der Waals surface area contributed by atoms with Crippen molar-refractivity contribution in [3.63, 3.8) is 0 Å². The van der Waals surface area contributed by atoms with Crippen molar-refractivity contribution in [2.24, 2.45) is 0 Å². The summed E-state index contributed by atoms with van der Waals surface area (Å²) in [4.78, 5) is 16.6. The zero-order chi connectivity index (χ0) is 15.5. The van der Waals surface area contributed by atoms with Gasteiger partial charge in [0.05, 0.1) is 12.7 Å². The highest BCUT2D eigenvalue weighted by Gasteiger charge is 2.22. The zero-order valence-electron chi connectivity index (χ0n) is 13.2. The Hall–Kier alpha value is -2.23. The van der Waals surface area contributed by atoms with E-state index in [2.05, 4.69) is 36.9 Å². The first-order valence-electron chi connectivity index (χ1n) is 7.76. The summed E-state index contributed by atoms with van der Waals surface area (Å²) in [6, 6.07) is 10.1. The van der Waals surface area contributed by atoms with E-state index in [-0.39, 0.29) is 5.91 Å². The van der Waals surface area contributed by atoms with Gasteiger partial charge < -0.3 is 14.2 Å². The van der Waals surface area contributed by atoms with Crippen molar-refractivity contribution in [2.45, 2.75) is 20.3 Å². The number of rotatable bonds is 3. The lowest BCUT2D eigenvalue weighted by Crippen LogP contribution is -2.49. The quantitative estimate of drug-likeness (QED) is 0.874. The molecule has 0 aliphatic carbocycles. The van der Waals surface area contributed by atoms with Crippen molar-refractivity contribution in [1.82, 2.24) is 4.90 Å². The smallest absolute Gasteiger partial charge is 0.230 e. The molecule has 22 heavy (non-hydrogen) atoms. The number of carbonyl (C=O) groups excluding carboxylic acids is 1. The Morgan fingerprint density at radius 1 is 1.09 bits per heavy atom. The van der Waals surface area contributed by atoms with Crippen molar-refractivity contribution in [2.75, 3.05) is 31.1 Å². The predicted molar refractivity (Wildman–Crippen MR) is 87.1 cm³/mol. The molecule has 0 N–H and O–H groups in total. The maximum absolute atomic E-state index is 12.3. The van der Waals surface area contributed by atoms with E-state index >= 15 is 0 Å². The van der Waals surface area contributed by atoms with Crippen LogP contribution >= 0.6 is 0 Å². The molecule has 0 atom stereocenters. The Kier molecular flexibility index (Phi) is 4.18. The molecule has 1 fully saturated rings. The number of aryl methyl sites for hydroxylation is 1. The minimum absolute atomic E-state index is 0.149. The highest BCUT2D eigenvalue weighted by molar-refractivity contribution is 5.78. The Labute approximate surface area is 131 Å². The molecule has 0 unspecified atom stereocenters. The van der Waals surface area contributed by atoms with Gasteiger partial charge in [-0.25, -0.2) is 0 Å². The predicted octanol–water partition coefficient (Wildman–Crippen LogP) is 2.79. The van der Waals surface area contributed by atoms with Crippen molar-refractivity contribution in [3.05, 3.63) is 53.5 Å². The maximum atomic E-state index is 12.3. The lowest BCUT2D eigenvalue weighted by molar-refractivity contribution is -0.131. The molecule has 0 spiro atoms. The summed E-state index contributed by atoms with van der Waals surface area (Å²) >= 11 is 0. The molecule has 0 radical (unpaired) electrons. The molecule has 0 saturated carbocycles. The second-order valence-electron chi connectivity index (χ2n) is 5.84. The standard InChI is InChI=1S/C18H22N2O2/c1-14-5-3-7-17(15(14)2)19-8-10-20(11-9-19)18(21)13-16-6-4-12-22-16/h3-7,12H,8-11,13H2,1-2H3. The Morgan fingerprint density at radius 2 is 1.86 bits per heavy atom. The van der Waals surface area contributed by atoms with Gasteiger partial charge in [-0.1, -0.05) is 12.1 Å². The third-order valence-electron chi connectivity index (χ3n) is 4.45. The Balaban J connectivity index is 1.60. The van der Waals surface area contributed by atoms with Crippen LogP contribution in [0.15, 0.2) is 41.0 Å². The highest BCUT2D eigenvalue weighted by atomic mass is 16.3. The van der Waals surface area contributed by atoms with Gasteiger partial charge in [-0.15, -0.1) is 0 Å². The number of carbonyl (C=O) groups is 1. The lowest BCUT2D eigenvalue weighted by Gasteiger charge is -2.37. The summed E-state index contributed by atoms with van der Waals surface area (Å²) in [5, 5.41) is 0. The van der Waals surface area contributed by atoms with Crippen LogP contribution in [0.1, 0.15) is 16.9 Å². The van der Waals surface area contributed by atoms with Gasteiger partial charge in [0.2, 0.25) is 5.91 Å². The number of hydrogen-bond acceptors (Lipinski definition) is 3. The average Bonchev–Trinajstić information content (AvgIpc) is 3.03. The van der Waals surface area contributed by atoms with Crippen LogP contribution < -0.4 is 4.90 Å². The molecule has 0 bridgehead atoms. The van der Waals surface area contributed by atoms with Gasteiger partial charge in [0, 0.05) is 31.9 Å². The lowest BCUT2D eigenvalue weighted by atomic mass is 10.1. The van der Waals surface area contributed by atoms with E-state index in [1.807, 2.05) is 17.0 Å². The van der Waals surface area contributed by atoms with E-state index in [0.29, 0.717) is 6.42 Å². The molecular formula is C18H22N2O2. The van der Waals surface area contributed by atoms with Gasteiger partial charge in [-0.2, -0.15) is 0 Å². The van der Waals surface area contributed by atoms with E-state index < -0.39 is 0 Å². The topological polar surface area (TPSA) is 36.7 Å². The third-order valence-corrected chi connectivity index (χ3v) is 4.45. The van der Waals surface area contributed by atoms with Crippen LogP contribution in [0.4, 0.5) is 5.69 Å². The van der Waals surface area contributed by atoms with Crippen molar-refractivity contribution in [1.29, 1.82) is 0 Å². The number of amides is 1. The first kappa shape index (κ1) is 14.7. The number of furan rings is 1. The molecule has 4 nitrogen and oxygen atoms in total. The SMILES string of the molecule is Cc1cccc(N2CCN(C(=O)Cc3ccco3)CC2)c1C. The molecule has 4 heteroatoms. The average molecular weight is 298 g/mol. The fraction of sp³-hybridized carbons (Fsp3) is 0.389. The van der Waals surface area contributed by atoms with Gasteiger partial charge in [-0.05, 0) is 43.2 Å². The number of hydrogen-bond donors (Lipinski definition) is 0. The first-order valence-corrected chi connectivity index (χ1v) is 7.76. The molecule has 2 aromatic rings. The number of benzene rings is 1. The minimum Gasteiger partial charge on any atom is -0.469 e. The van der Waals surface area contributed by atoms with E-state index in [4.69, 9.17) is 4.42 Å². The molecule has 116 valence electrons. The number of piperazine rings is 1. The second-order valence-corrected chi connectivity index (χ2v) is 5.84. The van der Waals surface area contributed by atoms with Crippen molar-refractivity contribution < 1.29 is 9.21 Å². The number of nitrogens with zero attached hydrogens (tertiary/aromatic N) is 2. The summed E-state index contributed by atoms with van der Waals surface area (Å²) in [7, 11) is 0. The largest absolute Gasteiger partial charge is 0.469 e. The summed E-state index contributed by atoms with van der Waals surface area (Å²) in [5.41, 5.74) is 3.94. The van der Waals surface area contributed by atoms with Crippen molar-refractivity contribution in [3.8, 4) is 0 Å². The fourth-order valence-electron chi connectivity index (χ4n) is 2.95. The van der Waals surface area contributed by atoms with Gasteiger partial charge in [0.25, 0.3) is 0 Å². The Bertz CT molecular complexity index is 641. The second kappa shape index (κ2) is 6.26. The van der Waals surface area contributed by atoms with Gasteiger partial charge in [-0.3, -0.25) is 4.79 Å². The summed E-state index contributed by atoms with van der Waals surface area (Å²) in [6.45, 7) is 7.61. The van der Waals surface area contributed by atoms with E-state index in [9.17, 15) is 4.79 Å². The number of anilines is 1. The van der Waals surface area contributed by atoms with Crippen LogP contribution in [0.5, 0.6) is 0 Å². The van der Waals surface area contributed by atoms with Crippen LogP contribution in [0.2, 0.25) is 0 Å². The van der Waals surface area contributed by atoms with E-state index in [1.165, 1.54) is 16.8 Å². The highest BCUT2D eigenvalue weighted by Crippen LogP contribution is 2.24. The molecule has 1 aromatic carbocycles. The van der Waals surface area contributed by atoms with Crippen molar-refractivity contribution >= 4 is 11.6 Å². The summed E-state index contributed by atoms with van der Waals surface area (Å²) in [5.74, 6) is 0.887. The fourth-order valence-corrected chi connectivity index (χ4v) is 2.95.